The van der Waals surface area contributed by atoms with Gasteiger partial charge in [-0.3, -0.25) is 0 Å². The molecule has 0 aliphatic carbocycles. The van der Waals surface area contributed by atoms with Crippen LogP contribution < -0.4 is 0 Å². The van der Waals surface area contributed by atoms with Gasteiger partial charge in [-0.25, -0.2) is 0 Å². The number of hydrogen-bond acceptors (Lipinski definition) is 2. The molecule has 0 saturated carbocycles. The number of aliphatic hydroxyl groups is 1. The Balaban J connectivity index is 3.60. The molecule has 13 heavy (non-hydrogen) atoms. The molecule has 78 valence electrons. The third kappa shape index (κ3) is 8.26. The van der Waals surface area contributed by atoms with Crippen LogP contribution in [0.5, 0.6) is 0 Å². The molecule has 2 nitrogen and oxygen atoms in total. The van der Waals surface area contributed by atoms with Gasteiger partial charge in [-0.1, -0.05) is 19.8 Å². The van der Waals surface area contributed by atoms with Crippen LogP contribution in [-0.4, -0.2) is 23.9 Å². The average molecular weight is 186 g/mol. The van der Waals surface area contributed by atoms with E-state index >= 15 is 0 Å². The van der Waals surface area contributed by atoms with Crippen LogP contribution in [-0.2, 0) is 4.74 Å². The number of unbranched alkanes of at least 4 members (excludes halogenated alkanes) is 1. The van der Waals surface area contributed by atoms with Gasteiger partial charge in [0.25, 0.3) is 0 Å². The van der Waals surface area contributed by atoms with Crippen molar-refractivity contribution in [2.24, 2.45) is 0 Å². The molecule has 0 spiro atoms. The van der Waals surface area contributed by atoms with Crippen LogP contribution >= 0.6 is 0 Å². The summed E-state index contributed by atoms with van der Waals surface area (Å²) in [5.74, 6) is 0. The number of rotatable bonds is 8. The van der Waals surface area contributed by atoms with E-state index in [-0.39, 0.29) is 12.2 Å². The van der Waals surface area contributed by atoms with Crippen LogP contribution in [0.4, 0.5) is 0 Å². The fourth-order valence-corrected chi connectivity index (χ4v) is 1.32. The van der Waals surface area contributed by atoms with E-state index in [9.17, 15) is 5.11 Å². The molecule has 2 radical (unpaired) electrons. The molecular formula is C11H22O2. The molecule has 2 unspecified atom stereocenters. The van der Waals surface area contributed by atoms with Crippen molar-refractivity contribution in [2.45, 2.75) is 58.2 Å². The number of hydrogen-bond donors (Lipinski definition) is 1. The summed E-state index contributed by atoms with van der Waals surface area (Å²) in [4.78, 5) is 0. The Morgan fingerprint density at radius 1 is 1.46 bits per heavy atom. The minimum absolute atomic E-state index is 0.184. The maximum Gasteiger partial charge on any atom is 0.0599 e. The smallest absolute Gasteiger partial charge is 0.0599 e. The van der Waals surface area contributed by atoms with E-state index in [4.69, 9.17) is 11.7 Å². The van der Waals surface area contributed by atoms with Crippen LogP contribution in [0, 0.1) is 6.92 Å². The number of ether oxygens (including phenoxy) is 1. The van der Waals surface area contributed by atoms with Crippen LogP contribution in [0.15, 0.2) is 0 Å². The molecule has 0 aromatic rings. The lowest BCUT2D eigenvalue weighted by Crippen LogP contribution is -2.19. The summed E-state index contributed by atoms with van der Waals surface area (Å²) < 4.78 is 5.52. The van der Waals surface area contributed by atoms with Gasteiger partial charge in [-0.2, -0.15) is 0 Å². The fraction of sp³-hybridized carbons (Fsp3) is 0.909. The van der Waals surface area contributed by atoms with Gasteiger partial charge < -0.3 is 9.84 Å². The van der Waals surface area contributed by atoms with Gasteiger partial charge in [-0.05, 0) is 33.1 Å². The highest BCUT2D eigenvalue weighted by Gasteiger charge is 2.10. The maximum absolute atomic E-state index is 9.21. The third-order valence-electron chi connectivity index (χ3n) is 1.96. The average Bonchev–Trinajstić information content (AvgIpc) is 2.09. The highest BCUT2D eigenvalue weighted by atomic mass is 16.5. The third-order valence-corrected chi connectivity index (χ3v) is 1.96. The van der Waals surface area contributed by atoms with E-state index in [1.165, 1.54) is 6.42 Å². The van der Waals surface area contributed by atoms with Gasteiger partial charge in [0, 0.05) is 6.61 Å². The van der Waals surface area contributed by atoms with Gasteiger partial charge in [0.2, 0.25) is 0 Å². The Morgan fingerprint density at radius 2 is 2.15 bits per heavy atom. The van der Waals surface area contributed by atoms with Crippen molar-refractivity contribution < 1.29 is 9.84 Å². The SMILES string of the molecule is [CH]CCOC(CCCC)CC(C)O. The van der Waals surface area contributed by atoms with Gasteiger partial charge in [-0.15, -0.1) is 0 Å². The summed E-state index contributed by atoms with van der Waals surface area (Å²) in [6.45, 7) is 9.90. The molecule has 0 rings (SSSR count). The molecule has 0 amide bonds. The predicted octanol–water partition coefficient (Wildman–Crippen LogP) is 2.43. The lowest BCUT2D eigenvalue weighted by molar-refractivity contribution is 0.0141. The predicted molar refractivity (Wildman–Crippen MR) is 54.5 cm³/mol. The lowest BCUT2D eigenvalue weighted by atomic mass is 10.1. The molecule has 0 aromatic carbocycles. The zero-order valence-electron chi connectivity index (χ0n) is 8.83. The summed E-state index contributed by atoms with van der Waals surface area (Å²) in [7, 11) is 0. The lowest BCUT2D eigenvalue weighted by Gasteiger charge is -2.18. The quantitative estimate of drug-likeness (QED) is 0.631. The molecule has 2 atom stereocenters. The van der Waals surface area contributed by atoms with Gasteiger partial charge in [0.15, 0.2) is 0 Å². The maximum atomic E-state index is 9.21. The van der Waals surface area contributed by atoms with Crippen molar-refractivity contribution >= 4 is 0 Å². The van der Waals surface area contributed by atoms with E-state index < -0.39 is 0 Å². The van der Waals surface area contributed by atoms with Crippen molar-refractivity contribution in [3.05, 3.63) is 6.92 Å². The van der Waals surface area contributed by atoms with Crippen LogP contribution in [0.1, 0.15) is 46.0 Å². The van der Waals surface area contributed by atoms with Crippen LogP contribution in [0.3, 0.4) is 0 Å². The summed E-state index contributed by atoms with van der Waals surface area (Å²) in [6.07, 6.45) is 4.54. The van der Waals surface area contributed by atoms with Gasteiger partial charge in [0.1, 0.15) is 0 Å². The topological polar surface area (TPSA) is 29.5 Å². The zero-order valence-corrected chi connectivity index (χ0v) is 8.83. The second-order valence-corrected chi connectivity index (χ2v) is 3.51. The van der Waals surface area contributed by atoms with Gasteiger partial charge >= 0.3 is 0 Å². The molecule has 0 fully saturated rings. The summed E-state index contributed by atoms with van der Waals surface area (Å²) in [6, 6.07) is 0. The molecule has 0 aliphatic rings. The Kier molecular flexibility index (Phi) is 8.46. The van der Waals surface area contributed by atoms with Crippen molar-refractivity contribution in [1.82, 2.24) is 0 Å². The molecule has 0 aromatic heterocycles. The molecule has 2 heteroatoms. The highest BCUT2D eigenvalue weighted by molar-refractivity contribution is 4.62. The molecule has 0 saturated heterocycles. The summed E-state index contributed by atoms with van der Waals surface area (Å²) in [5.41, 5.74) is 0. The first-order chi connectivity index (χ1) is 6.20. The van der Waals surface area contributed by atoms with E-state index in [0.29, 0.717) is 13.0 Å². The minimum Gasteiger partial charge on any atom is -0.393 e. The first kappa shape index (κ1) is 12.9. The van der Waals surface area contributed by atoms with Crippen molar-refractivity contribution in [2.75, 3.05) is 6.61 Å². The first-order valence-electron chi connectivity index (χ1n) is 5.20. The van der Waals surface area contributed by atoms with Crippen LogP contribution in [0.25, 0.3) is 0 Å². The van der Waals surface area contributed by atoms with E-state index in [1.807, 2.05) is 0 Å². The van der Waals surface area contributed by atoms with Gasteiger partial charge in [0.05, 0.1) is 12.2 Å². The van der Waals surface area contributed by atoms with E-state index in [1.54, 1.807) is 6.92 Å². The Labute approximate surface area is 82.3 Å². The van der Waals surface area contributed by atoms with E-state index in [2.05, 4.69) is 6.92 Å². The Morgan fingerprint density at radius 3 is 2.62 bits per heavy atom. The highest BCUT2D eigenvalue weighted by Crippen LogP contribution is 2.11. The minimum atomic E-state index is -0.278. The van der Waals surface area contributed by atoms with Crippen molar-refractivity contribution in [3.63, 3.8) is 0 Å². The first-order valence-corrected chi connectivity index (χ1v) is 5.20. The van der Waals surface area contributed by atoms with Crippen LogP contribution in [0.2, 0.25) is 0 Å². The standard InChI is InChI=1S/C11H22O2/c1-4-6-7-11(9-10(3)12)13-8-5-2/h2,10-12H,4-9H2,1,3H3. The summed E-state index contributed by atoms with van der Waals surface area (Å²) in [5, 5.41) is 9.21. The molecule has 1 N–H and O–H groups in total. The molecule has 0 bridgehead atoms. The molecule has 0 heterocycles. The largest absolute Gasteiger partial charge is 0.393 e. The Hall–Kier alpha value is -0.0800. The van der Waals surface area contributed by atoms with Crippen molar-refractivity contribution in [1.29, 1.82) is 0 Å². The second-order valence-electron chi connectivity index (χ2n) is 3.51. The zero-order chi connectivity index (χ0) is 10.1. The number of aliphatic hydroxyl groups excluding tert-OH is 1. The normalized spacial score (nSPS) is 15.7. The molecular weight excluding hydrogens is 164 g/mol. The Bertz CT molecular complexity index is 94.3. The fourth-order valence-electron chi connectivity index (χ4n) is 1.32. The second kappa shape index (κ2) is 8.52. The summed E-state index contributed by atoms with van der Waals surface area (Å²) >= 11 is 0. The monoisotopic (exact) mass is 186 g/mol. The van der Waals surface area contributed by atoms with E-state index in [0.717, 1.165) is 19.3 Å². The van der Waals surface area contributed by atoms with Crippen molar-refractivity contribution in [3.8, 4) is 0 Å². The molecule has 0 aliphatic heterocycles.